The number of nitrogens with zero attached hydrogens (tertiary/aromatic N) is 6. The van der Waals surface area contributed by atoms with Crippen molar-refractivity contribution in [3.05, 3.63) is 82.8 Å². The van der Waals surface area contributed by atoms with E-state index in [1.54, 1.807) is 47.6 Å². The minimum Gasteiger partial charge on any atom is -0.370 e. The average molecular weight is 584 g/mol. The third kappa shape index (κ3) is 5.65. The van der Waals surface area contributed by atoms with Crippen LogP contribution in [0, 0.1) is 5.82 Å². The quantitative estimate of drug-likeness (QED) is 0.520. The van der Waals surface area contributed by atoms with Crippen molar-refractivity contribution in [2.24, 2.45) is 12.1 Å². The zero-order valence-electron chi connectivity index (χ0n) is 21.5. The Labute approximate surface area is 229 Å². The molecule has 0 radical (unpaired) electrons. The maximum absolute atomic E-state index is 13.6. The fourth-order valence-electron chi connectivity index (χ4n) is 5.15. The molecule has 8 nitrogen and oxygen atoms in total. The van der Waals surface area contributed by atoms with E-state index in [0.717, 1.165) is 17.7 Å². The highest BCUT2D eigenvalue weighted by atomic mass is 19.4. The molecule has 0 atom stereocenters. The Morgan fingerprint density at radius 3 is 2.49 bits per heavy atom. The van der Waals surface area contributed by atoms with Gasteiger partial charge in [-0.2, -0.15) is 36.5 Å². The van der Waals surface area contributed by atoms with Gasteiger partial charge in [-0.15, -0.1) is 0 Å². The molecular formula is C26H24F7N7O. The summed E-state index contributed by atoms with van der Waals surface area (Å²) in [4.78, 5) is 14.7. The number of hydrazone groups is 1. The molecule has 1 fully saturated rings. The van der Waals surface area contributed by atoms with Crippen LogP contribution in [0.15, 0.2) is 71.0 Å². The fraction of sp³-hybridized carbons (Fsp3) is 0.346. The number of alkyl halides is 6. The summed E-state index contributed by atoms with van der Waals surface area (Å²) >= 11 is 0. The number of anilines is 1. The van der Waals surface area contributed by atoms with E-state index in [-0.39, 0.29) is 32.0 Å². The smallest absolute Gasteiger partial charge is 0.370 e. The Morgan fingerprint density at radius 1 is 1.12 bits per heavy atom. The van der Waals surface area contributed by atoms with Gasteiger partial charge in [-0.3, -0.25) is 9.48 Å². The van der Waals surface area contributed by atoms with Crippen LogP contribution in [0.1, 0.15) is 24.0 Å². The number of likely N-dealkylation sites (tertiary alicyclic amines) is 1. The van der Waals surface area contributed by atoms with E-state index >= 15 is 0 Å². The lowest BCUT2D eigenvalue weighted by molar-refractivity contribution is -0.189. The molecule has 3 aliphatic heterocycles. The monoisotopic (exact) mass is 583 g/mol. The van der Waals surface area contributed by atoms with Crippen LogP contribution in [0.3, 0.4) is 0 Å². The molecule has 15 heteroatoms. The van der Waals surface area contributed by atoms with Crippen molar-refractivity contribution >= 4 is 17.9 Å². The number of carbonyl (C=O) groups excluding carboxylic acids is 1. The summed E-state index contributed by atoms with van der Waals surface area (Å²) in [6.45, 7) is -0.533. The lowest BCUT2D eigenvalue weighted by atomic mass is 9.98. The SMILES string of the molecule is Cn1nccc1N1N=CC(N2CCC(N(Cc3ccc(F)cc3C(F)(F)F)C(=O)C(F)(F)F)CC2)=C2C=CNC=C21. The van der Waals surface area contributed by atoms with E-state index in [1.165, 1.54) is 0 Å². The summed E-state index contributed by atoms with van der Waals surface area (Å²) in [7, 11) is 1.76. The number of nitrogens with one attached hydrogen (secondary N) is 1. The summed E-state index contributed by atoms with van der Waals surface area (Å²) in [6.07, 6.45) is -1.65. The molecule has 0 bridgehead atoms. The van der Waals surface area contributed by atoms with E-state index in [1.807, 2.05) is 11.0 Å². The minimum absolute atomic E-state index is 0.0570. The third-order valence-electron chi connectivity index (χ3n) is 7.12. The Balaban J connectivity index is 1.38. The molecule has 1 aromatic carbocycles. The van der Waals surface area contributed by atoms with Crippen LogP contribution in [-0.2, 0) is 24.6 Å². The van der Waals surface area contributed by atoms with Crippen LogP contribution in [0.2, 0.25) is 0 Å². The maximum Gasteiger partial charge on any atom is 0.471 e. The number of aryl methyl sites for hydroxylation is 1. The number of carbonyl (C=O) groups is 1. The van der Waals surface area contributed by atoms with Gasteiger partial charge in [-0.1, -0.05) is 6.07 Å². The normalized spacial score (nSPS) is 17.9. The summed E-state index contributed by atoms with van der Waals surface area (Å²) in [5.41, 5.74) is 0.171. The largest absolute Gasteiger partial charge is 0.471 e. The van der Waals surface area contributed by atoms with Crippen molar-refractivity contribution in [3.8, 4) is 0 Å². The number of amides is 1. The van der Waals surface area contributed by atoms with Crippen LogP contribution in [-0.4, -0.2) is 57.0 Å². The average Bonchev–Trinajstić information content (AvgIpc) is 3.36. The van der Waals surface area contributed by atoms with Crippen LogP contribution in [0.4, 0.5) is 36.6 Å². The maximum atomic E-state index is 13.6. The molecule has 0 saturated carbocycles. The van der Waals surface area contributed by atoms with Crippen LogP contribution >= 0.6 is 0 Å². The van der Waals surface area contributed by atoms with Crippen molar-refractivity contribution < 1.29 is 35.5 Å². The topological polar surface area (TPSA) is 69.0 Å². The Kier molecular flexibility index (Phi) is 7.30. The van der Waals surface area contributed by atoms with E-state index in [0.29, 0.717) is 22.1 Å². The molecule has 1 aromatic heterocycles. The molecule has 0 unspecified atom stereocenters. The first kappa shape index (κ1) is 28.2. The summed E-state index contributed by atoms with van der Waals surface area (Å²) in [5, 5.41) is 13.4. The Morgan fingerprint density at radius 2 is 1.85 bits per heavy atom. The fourth-order valence-corrected chi connectivity index (χ4v) is 5.15. The molecule has 2 aromatic rings. The molecule has 1 amide bonds. The molecule has 5 rings (SSSR count). The highest BCUT2D eigenvalue weighted by Crippen LogP contribution is 2.36. The van der Waals surface area contributed by atoms with Crippen molar-refractivity contribution in [1.29, 1.82) is 0 Å². The van der Waals surface area contributed by atoms with Gasteiger partial charge in [-0.25, -0.2) is 9.40 Å². The van der Waals surface area contributed by atoms with E-state index in [2.05, 4.69) is 15.5 Å². The number of piperidine rings is 1. The number of aromatic nitrogens is 2. The first-order valence-corrected chi connectivity index (χ1v) is 12.5. The van der Waals surface area contributed by atoms with Gasteiger partial charge in [0.1, 0.15) is 5.82 Å². The Hall–Kier alpha value is -4.30. The number of rotatable bonds is 5. The van der Waals surface area contributed by atoms with Gasteiger partial charge in [-0.05, 0) is 36.6 Å². The van der Waals surface area contributed by atoms with Gasteiger partial charge >= 0.3 is 18.3 Å². The summed E-state index contributed by atoms with van der Waals surface area (Å²) in [6, 6.07) is 2.49. The highest BCUT2D eigenvalue weighted by molar-refractivity contribution is 5.86. The first-order chi connectivity index (χ1) is 19.3. The van der Waals surface area contributed by atoms with Gasteiger partial charge < -0.3 is 15.1 Å². The van der Waals surface area contributed by atoms with E-state index in [4.69, 9.17) is 0 Å². The number of halogens is 7. The van der Waals surface area contributed by atoms with Crippen LogP contribution in [0.5, 0.6) is 0 Å². The molecule has 1 N–H and O–H groups in total. The molecule has 0 spiro atoms. The van der Waals surface area contributed by atoms with Gasteiger partial charge in [0.05, 0.1) is 29.4 Å². The highest BCUT2D eigenvalue weighted by Gasteiger charge is 2.46. The molecule has 218 valence electrons. The van der Waals surface area contributed by atoms with Crippen molar-refractivity contribution in [2.45, 2.75) is 37.8 Å². The molecule has 3 aliphatic rings. The molecular weight excluding hydrogens is 559 g/mol. The molecule has 1 saturated heterocycles. The number of fused-ring (bicyclic) bond motifs is 1. The number of dihydropyridines is 1. The third-order valence-corrected chi connectivity index (χ3v) is 7.12. The second kappa shape index (κ2) is 10.6. The zero-order chi connectivity index (χ0) is 29.5. The van der Waals surface area contributed by atoms with E-state index < -0.39 is 47.8 Å². The van der Waals surface area contributed by atoms with Gasteiger partial charge in [0, 0.05) is 56.8 Å². The van der Waals surface area contributed by atoms with Crippen LogP contribution in [0.25, 0.3) is 0 Å². The predicted molar refractivity (Wildman–Crippen MR) is 134 cm³/mol. The second-order valence-corrected chi connectivity index (χ2v) is 9.65. The summed E-state index contributed by atoms with van der Waals surface area (Å²) in [5.74, 6) is -2.73. The molecule has 4 heterocycles. The van der Waals surface area contributed by atoms with Gasteiger partial charge in [0.25, 0.3) is 0 Å². The number of hydrogen-bond donors (Lipinski definition) is 1. The lowest BCUT2D eigenvalue weighted by Crippen LogP contribution is -2.51. The Bertz CT molecular complexity index is 1450. The molecule has 0 aliphatic carbocycles. The first-order valence-electron chi connectivity index (χ1n) is 12.5. The van der Waals surface area contributed by atoms with E-state index in [9.17, 15) is 35.5 Å². The van der Waals surface area contributed by atoms with Gasteiger partial charge in [0.15, 0.2) is 5.82 Å². The minimum atomic E-state index is -5.30. The number of benzene rings is 1. The van der Waals surface area contributed by atoms with Crippen molar-refractivity contribution in [1.82, 2.24) is 24.9 Å². The zero-order valence-corrected chi connectivity index (χ0v) is 21.5. The number of allylic oxidation sites excluding steroid dienone is 2. The summed E-state index contributed by atoms with van der Waals surface area (Å²) < 4.78 is 96.5. The standard InChI is InChI=1S/C26H24F7N7O/c1-37-23(5-9-35-37)40-22-13-34-8-4-19(22)21(14-36-40)38-10-6-18(7-11-38)39(24(41)26(31,32)33)15-16-2-3-17(27)12-20(16)25(28,29)30/h2-5,8-9,12-14,18,34H,6-7,10-11,15H2,1H3. The predicted octanol–water partition coefficient (Wildman–Crippen LogP) is 4.65. The second-order valence-electron chi connectivity index (χ2n) is 9.65. The van der Waals surface area contributed by atoms with Crippen LogP contribution < -0.4 is 10.3 Å². The molecule has 41 heavy (non-hydrogen) atoms. The number of hydrogen-bond acceptors (Lipinski definition) is 6. The van der Waals surface area contributed by atoms with Gasteiger partial charge in [0.2, 0.25) is 0 Å². The van der Waals surface area contributed by atoms with Crippen molar-refractivity contribution in [2.75, 3.05) is 18.1 Å². The van der Waals surface area contributed by atoms with Crippen molar-refractivity contribution in [3.63, 3.8) is 0 Å². The lowest BCUT2D eigenvalue weighted by Gasteiger charge is -2.41.